The van der Waals surface area contributed by atoms with Crippen molar-refractivity contribution in [2.45, 2.75) is 51.3 Å². The molecule has 5 nitrogen and oxygen atoms in total. The van der Waals surface area contributed by atoms with Gasteiger partial charge in [0.25, 0.3) is 0 Å². The fraction of sp³-hybridized carbons (Fsp3) is 0.588. The molecule has 25 heavy (non-hydrogen) atoms. The van der Waals surface area contributed by atoms with Crippen LogP contribution >= 0.6 is 12.4 Å². The highest BCUT2D eigenvalue weighted by atomic mass is 35.5. The van der Waals surface area contributed by atoms with Gasteiger partial charge in [0.1, 0.15) is 5.75 Å². The molecule has 0 spiro atoms. The van der Waals surface area contributed by atoms with E-state index >= 15 is 0 Å². The van der Waals surface area contributed by atoms with Crippen molar-refractivity contribution in [2.75, 3.05) is 18.0 Å². The maximum atomic E-state index is 12.5. The normalized spacial score (nSPS) is 19.3. The van der Waals surface area contributed by atoms with Crippen LogP contribution in [0.5, 0.6) is 5.75 Å². The van der Waals surface area contributed by atoms with Gasteiger partial charge in [0.15, 0.2) is 0 Å². The molecule has 1 heterocycles. The number of nitrogens with two attached hydrogens (primary N) is 1. The van der Waals surface area contributed by atoms with Crippen molar-refractivity contribution in [2.24, 2.45) is 5.73 Å². The van der Waals surface area contributed by atoms with Crippen molar-refractivity contribution in [3.8, 4) is 5.75 Å². The predicted octanol–water partition coefficient (Wildman–Crippen LogP) is 2.92. The summed E-state index contributed by atoms with van der Waals surface area (Å²) in [6, 6.07) is 6.63. The fourth-order valence-corrected chi connectivity index (χ4v) is 2.99. The van der Waals surface area contributed by atoms with Gasteiger partial charge >= 0.3 is 6.61 Å². The summed E-state index contributed by atoms with van der Waals surface area (Å²) in [5.41, 5.74) is 5.76. The Morgan fingerprint density at radius 2 is 2.16 bits per heavy atom. The van der Waals surface area contributed by atoms with Crippen LogP contribution in [0.4, 0.5) is 14.5 Å². The lowest BCUT2D eigenvalue weighted by molar-refractivity contribution is -0.126. The largest absolute Gasteiger partial charge is 0.433 e. The van der Waals surface area contributed by atoms with Crippen LogP contribution in [0.25, 0.3) is 0 Å². The summed E-state index contributed by atoms with van der Waals surface area (Å²) in [6.45, 7) is 2.04. The molecule has 0 bridgehead atoms. The number of nitrogens with zero attached hydrogens (tertiary/aromatic N) is 1. The fourth-order valence-electron chi connectivity index (χ4n) is 2.99. The number of para-hydroxylation sites is 2. The van der Waals surface area contributed by atoms with Gasteiger partial charge in [-0.15, -0.1) is 12.4 Å². The molecular formula is C17H26ClF2N3O2. The van der Waals surface area contributed by atoms with Crippen LogP contribution in [-0.2, 0) is 4.79 Å². The number of amides is 1. The first-order valence-electron chi connectivity index (χ1n) is 8.22. The molecule has 2 rings (SSSR count). The third-order valence-electron chi connectivity index (χ3n) is 4.23. The molecule has 0 aromatic heterocycles. The summed E-state index contributed by atoms with van der Waals surface area (Å²) >= 11 is 0. The van der Waals surface area contributed by atoms with Gasteiger partial charge in [-0.2, -0.15) is 8.78 Å². The smallest absolute Gasteiger partial charge is 0.387 e. The first-order chi connectivity index (χ1) is 11.3. The third kappa shape index (κ3) is 5.71. The van der Waals surface area contributed by atoms with Gasteiger partial charge in [-0.3, -0.25) is 4.79 Å². The van der Waals surface area contributed by atoms with Crippen LogP contribution in [0.3, 0.4) is 0 Å². The summed E-state index contributed by atoms with van der Waals surface area (Å²) < 4.78 is 29.6. The molecular weight excluding hydrogens is 352 g/mol. The number of benzene rings is 1. The van der Waals surface area contributed by atoms with E-state index < -0.39 is 12.2 Å². The monoisotopic (exact) mass is 377 g/mol. The second-order valence-corrected chi connectivity index (χ2v) is 6.42. The second kappa shape index (κ2) is 9.20. The molecule has 0 aliphatic carbocycles. The Morgan fingerprint density at radius 3 is 2.80 bits per heavy atom. The minimum Gasteiger partial charge on any atom is -0.433 e. The van der Waals surface area contributed by atoms with Crippen LogP contribution in [0.15, 0.2) is 24.3 Å². The van der Waals surface area contributed by atoms with E-state index in [9.17, 15) is 13.6 Å². The molecule has 1 aromatic carbocycles. The number of rotatable bonds is 7. The predicted molar refractivity (Wildman–Crippen MR) is 96.6 cm³/mol. The standard InChI is InChI=1S/C17H25F2N3O2.ClH/c1-3-9-17(2,20)15(23)21-12-8-10-22(11-12)13-6-4-5-7-14(13)24-16(18)19;/h4-7,12,16H,3,8-11,20H2,1-2H3,(H,21,23);1H. The Labute approximate surface area is 153 Å². The van der Waals surface area contributed by atoms with E-state index in [1.165, 1.54) is 6.07 Å². The van der Waals surface area contributed by atoms with Crippen LogP contribution in [0.2, 0.25) is 0 Å². The molecule has 2 unspecified atom stereocenters. The van der Waals surface area contributed by atoms with Gasteiger partial charge in [-0.1, -0.05) is 25.5 Å². The summed E-state index contributed by atoms with van der Waals surface area (Å²) in [5.74, 6) is -0.0255. The van der Waals surface area contributed by atoms with Gasteiger partial charge in [0, 0.05) is 19.1 Å². The topological polar surface area (TPSA) is 67.6 Å². The molecule has 3 N–H and O–H groups in total. The molecule has 1 aliphatic heterocycles. The zero-order chi connectivity index (χ0) is 17.7. The lowest BCUT2D eigenvalue weighted by Gasteiger charge is -2.26. The number of ether oxygens (including phenoxy) is 1. The van der Waals surface area contributed by atoms with Crippen molar-refractivity contribution in [3.05, 3.63) is 24.3 Å². The van der Waals surface area contributed by atoms with E-state index in [0.717, 1.165) is 12.8 Å². The number of anilines is 1. The molecule has 1 amide bonds. The molecule has 1 aromatic rings. The van der Waals surface area contributed by atoms with Gasteiger partial charge in [-0.05, 0) is 31.9 Å². The highest BCUT2D eigenvalue weighted by molar-refractivity contribution is 5.86. The summed E-state index contributed by atoms with van der Waals surface area (Å²) in [4.78, 5) is 14.2. The van der Waals surface area contributed by atoms with Gasteiger partial charge in [-0.25, -0.2) is 0 Å². The first kappa shape index (κ1) is 21.4. The quantitative estimate of drug-likeness (QED) is 0.766. The van der Waals surface area contributed by atoms with E-state index in [0.29, 0.717) is 25.2 Å². The zero-order valence-corrected chi connectivity index (χ0v) is 15.3. The lowest BCUT2D eigenvalue weighted by Crippen LogP contribution is -2.54. The van der Waals surface area contributed by atoms with E-state index in [1.54, 1.807) is 25.1 Å². The molecule has 142 valence electrons. The maximum Gasteiger partial charge on any atom is 0.387 e. The maximum absolute atomic E-state index is 12.5. The van der Waals surface area contributed by atoms with Gasteiger partial charge in [0.2, 0.25) is 5.91 Å². The zero-order valence-electron chi connectivity index (χ0n) is 14.5. The Morgan fingerprint density at radius 1 is 1.48 bits per heavy atom. The van der Waals surface area contributed by atoms with Crippen LogP contribution in [-0.4, -0.2) is 37.2 Å². The SMILES string of the molecule is CCCC(C)(N)C(=O)NC1CCN(c2ccccc2OC(F)F)C1.Cl. The first-order valence-corrected chi connectivity index (χ1v) is 8.22. The van der Waals surface area contributed by atoms with Crippen molar-refractivity contribution >= 4 is 24.0 Å². The number of carbonyl (C=O) groups excluding carboxylic acids is 1. The number of alkyl halides is 2. The van der Waals surface area contributed by atoms with Crippen molar-refractivity contribution in [3.63, 3.8) is 0 Å². The van der Waals surface area contributed by atoms with Crippen LogP contribution in [0, 0.1) is 0 Å². The van der Waals surface area contributed by atoms with Crippen molar-refractivity contribution in [1.29, 1.82) is 0 Å². The minimum atomic E-state index is -2.86. The van der Waals surface area contributed by atoms with E-state index in [2.05, 4.69) is 10.1 Å². The number of carbonyl (C=O) groups is 1. The highest BCUT2D eigenvalue weighted by Crippen LogP contribution is 2.31. The Hall–Kier alpha value is -1.60. The van der Waals surface area contributed by atoms with Crippen molar-refractivity contribution in [1.82, 2.24) is 5.32 Å². The molecule has 1 fully saturated rings. The number of halogens is 3. The van der Waals surface area contributed by atoms with Gasteiger partial charge < -0.3 is 20.7 Å². The van der Waals surface area contributed by atoms with Crippen LogP contribution < -0.4 is 20.7 Å². The third-order valence-corrected chi connectivity index (χ3v) is 4.23. The van der Waals surface area contributed by atoms with E-state index in [1.807, 2.05) is 11.8 Å². The average Bonchev–Trinajstić information content (AvgIpc) is 2.95. The number of hydrogen-bond donors (Lipinski definition) is 2. The molecule has 8 heteroatoms. The second-order valence-electron chi connectivity index (χ2n) is 6.42. The van der Waals surface area contributed by atoms with Crippen LogP contribution in [0.1, 0.15) is 33.1 Å². The van der Waals surface area contributed by atoms with E-state index in [4.69, 9.17) is 5.73 Å². The highest BCUT2D eigenvalue weighted by Gasteiger charge is 2.32. The van der Waals surface area contributed by atoms with E-state index in [-0.39, 0.29) is 30.1 Å². The van der Waals surface area contributed by atoms with Gasteiger partial charge in [0.05, 0.1) is 11.2 Å². The summed E-state index contributed by atoms with van der Waals surface area (Å²) in [7, 11) is 0. The molecule has 1 saturated heterocycles. The summed E-state index contributed by atoms with van der Waals surface area (Å²) in [5, 5.41) is 2.97. The molecule has 2 atom stereocenters. The Bertz CT molecular complexity index is 573. The summed E-state index contributed by atoms with van der Waals surface area (Å²) in [6.07, 6.45) is 2.17. The van der Waals surface area contributed by atoms with Crippen molar-refractivity contribution < 1.29 is 18.3 Å². The molecule has 0 saturated carbocycles. The molecule has 0 radical (unpaired) electrons. The average molecular weight is 378 g/mol. The molecule has 1 aliphatic rings. The Kier molecular flexibility index (Phi) is 7.89. The lowest BCUT2D eigenvalue weighted by atomic mass is 9.96. The minimum absolute atomic E-state index is 0. The Balaban J connectivity index is 0.00000312. The number of hydrogen-bond acceptors (Lipinski definition) is 4. The number of nitrogens with one attached hydrogen (secondary N) is 1.